The van der Waals surface area contributed by atoms with Gasteiger partial charge in [-0.3, -0.25) is 9.69 Å². The molecular formula is C14H24N2O4. The molecule has 2 saturated heterocycles. The maximum Gasteiger partial charge on any atom is 0.410 e. The Morgan fingerprint density at radius 1 is 1.30 bits per heavy atom. The Bertz CT molecular complexity index is 396. The minimum atomic E-state index is -0.623. The summed E-state index contributed by atoms with van der Waals surface area (Å²) in [5, 5.41) is 0. The standard InChI is InChI=1S/C14H24N2O4/c1-5-11(17)16-7-6-8-19-14(16)9-15(10-14)12(18)20-13(2,3)4/h5-10H2,1-4H3. The van der Waals surface area contributed by atoms with Crippen LogP contribution in [0.25, 0.3) is 0 Å². The van der Waals surface area contributed by atoms with E-state index in [1.165, 1.54) is 0 Å². The molecule has 0 aromatic rings. The van der Waals surface area contributed by atoms with Crippen LogP contribution in [-0.4, -0.2) is 59.4 Å². The lowest BCUT2D eigenvalue weighted by Gasteiger charge is -2.56. The van der Waals surface area contributed by atoms with Gasteiger partial charge in [-0.05, 0) is 27.2 Å². The number of carbonyl (C=O) groups is 2. The largest absolute Gasteiger partial charge is 0.444 e. The highest BCUT2D eigenvalue weighted by Gasteiger charge is 2.54. The van der Waals surface area contributed by atoms with Crippen LogP contribution in [0.2, 0.25) is 0 Å². The SMILES string of the molecule is CCC(=O)N1CCCOC12CN(C(=O)OC(C)(C)C)C2. The molecule has 20 heavy (non-hydrogen) atoms. The molecule has 6 nitrogen and oxygen atoms in total. The summed E-state index contributed by atoms with van der Waals surface area (Å²) in [6.07, 6.45) is 0.957. The van der Waals surface area contributed by atoms with Gasteiger partial charge in [-0.2, -0.15) is 0 Å². The second kappa shape index (κ2) is 5.24. The summed E-state index contributed by atoms with van der Waals surface area (Å²) >= 11 is 0. The zero-order valence-corrected chi connectivity index (χ0v) is 12.8. The van der Waals surface area contributed by atoms with E-state index in [1.54, 1.807) is 9.80 Å². The Morgan fingerprint density at radius 3 is 2.50 bits per heavy atom. The molecule has 2 rings (SSSR count). The number of nitrogens with zero attached hydrogens (tertiary/aromatic N) is 2. The Balaban J connectivity index is 1.98. The van der Waals surface area contributed by atoms with Crippen LogP contribution in [0.5, 0.6) is 0 Å². The predicted molar refractivity (Wildman–Crippen MR) is 73.1 cm³/mol. The van der Waals surface area contributed by atoms with Gasteiger partial charge in [0, 0.05) is 13.0 Å². The zero-order chi connectivity index (χ0) is 15.0. The van der Waals surface area contributed by atoms with Gasteiger partial charge in [0.2, 0.25) is 5.91 Å². The highest BCUT2D eigenvalue weighted by molar-refractivity contribution is 5.77. The molecule has 2 fully saturated rings. The van der Waals surface area contributed by atoms with Crippen LogP contribution < -0.4 is 0 Å². The summed E-state index contributed by atoms with van der Waals surface area (Å²) in [5.41, 5.74) is -1.13. The molecule has 2 aliphatic heterocycles. The van der Waals surface area contributed by atoms with Gasteiger partial charge in [0.25, 0.3) is 0 Å². The van der Waals surface area contributed by atoms with Crippen LogP contribution in [0.1, 0.15) is 40.5 Å². The molecule has 0 unspecified atom stereocenters. The number of likely N-dealkylation sites (tertiary alicyclic amines) is 1. The fourth-order valence-corrected chi connectivity index (χ4v) is 2.58. The van der Waals surface area contributed by atoms with Crippen molar-refractivity contribution in [2.75, 3.05) is 26.2 Å². The molecule has 2 amide bonds. The van der Waals surface area contributed by atoms with Crippen molar-refractivity contribution in [2.45, 2.75) is 51.9 Å². The van der Waals surface area contributed by atoms with Gasteiger partial charge in [0.15, 0.2) is 5.72 Å². The van der Waals surface area contributed by atoms with E-state index in [0.29, 0.717) is 32.7 Å². The molecule has 0 saturated carbocycles. The average molecular weight is 284 g/mol. The van der Waals surface area contributed by atoms with E-state index in [2.05, 4.69) is 0 Å². The average Bonchev–Trinajstić information content (AvgIpc) is 2.32. The first-order valence-electron chi connectivity index (χ1n) is 7.20. The number of rotatable bonds is 1. The molecule has 0 radical (unpaired) electrons. The van der Waals surface area contributed by atoms with Gasteiger partial charge >= 0.3 is 6.09 Å². The van der Waals surface area contributed by atoms with Crippen molar-refractivity contribution in [3.8, 4) is 0 Å². The fourth-order valence-electron chi connectivity index (χ4n) is 2.58. The van der Waals surface area contributed by atoms with E-state index in [0.717, 1.165) is 6.42 Å². The molecule has 6 heteroatoms. The Morgan fingerprint density at radius 2 is 1.95 bits per heavy atom. The third kappa shape index (κ3) is 2.90. The van der Waals surface area contributed by atoms with Crippen molar-refractivity contribution < 1.29 is 19.1 Å². The lowest BCUT2D eigenvalue weighted by molar-refractivity contribution is -0.242. The molecule has 0 bridgehead atoms. The van der Waals surface area contributed by atoms with Crippen LogP contribution in [0, 0.1) is 0 Å². The molecule has 0 aromatic carbocycles. The minimum Gasteiger partial charge on any atom is -0.444 e. The normalized spacial score (nSPS) is 21.6. The van der Waals surface area contributed by atoms with Crippen molar-refractivity contribution in [3.63, 3.8) is 0 Å². The number of carbonyl (C=O) groups excluding carboxylic acids is 2. The van der Waals surface area contributed by atoms with Crippen molar-refractivity contribution in [1.29, 1.82) is 0 Å². The minimum absolute atomic E-state index is 0.0774. The van der Waals surface area contributed by atoms with Gasteiger partial charge in [0.1, 0.15) is 5.60 Å². The Hall–Kier alpha value is -1.30. The van der Waals surface area contributed by atoms with E-state index in [4.69, 9.17) is 9.47 Å². The quantitative estimate of drug-likeness (QED) is 0.733. The first-order valence-corrected chi connectivity index (χ1v) is 7.20. The third-order valence-corrected chi connectivity index (χ3v) is 3.52. The summed E-state index contributed by atoms with van der Waals surface area (Å²) in [6.45, 7) is 9.49. The van der Waals surface area contributed by atoms with E-state index in [1.807, 2.05) is 27.7 Å². The molecule has 2 aliphatic rings. The maximum absolute atomic E-state index is 12.0. The number of amides is 2. The van der Waals surface area contributed by atoms with Gasteiger partial charge in [0.05, 0.1) is 19.7 Å². The highest BCUT2D eigenvalue weighted by atomic mass is 16.6. The predicted octanol–water partition coefficient (Wildman–Crippen LogP) is 1.59. The van der Waals surface area contributed by atoms with Gasteiger partial charge < -0.3 is 14.4 Å². The van der Waals surface area contributed by atoms with Crippen molar-refractivity contribution in [2.24, 2.45) is 0 Å². The number of ether oxygens (including phenoxy) is 2. The van der Waals surface area contributed by atoms with Crippen LogP contribution in [0.4, 0.5) is 4.79 Å². The summed E-state index contributed by atoms with van der Waals surface area (Å²) in [4.78, 5) is 27.3. The zero-order valence-electron chi connectivity index (χ0n) is 12.8. The Labute approximate surface area is 120 Å². The maximum atomic E-state index is 12.0. The van der Waals surface area contributed by atoms with Crippen LogP contribution >= 0.6 is 0 Å². The van der Waals surface area contributed by atoms with E-state index in [9.17, 15) is 9.59 Å². The summed E-state index contributed by atoms with van der Waals surface area (Å²) < 4.78 is 11.1. The van der Waals surface area contributed by atoms with Crippen molar-refractivity contribution >= 4 is 12.0 Å². The summed E-state index contributed by atoms with van der Waals surface area (Å²) in [6, 6.07) is 0. The second-order valence-corrected chi connectivity index (χ2v) is 6.38. The smallest absolute Gasteiger partial charge is 0.410 e. The van der Waals surface area contributed by atoms with E-state index in [-0.39, 0.29) is 12.0 Å². The Kier molecular flexibility index (Phi) is 3.95. The summed E-state index contributed by atoms with van der Waals surface area (Å²) in [7, 11) is 0. The number of hydrogen-bond acceptors (Lipinski definition) is 4. The van der Waals surface area contributed by atoms with Gasteiger partial charge in [-0.25, -0.2) is 4.79 Å². The first-order chi connectivity index (χ1) is 9.27. The number of hydrogen-bond donors (Lipinski definition) is 0. The van der Waals surface area contributed by atoms with Gasteiger partial charge in [-0.1, -0.05) is 6.92 Å². The first kappa shape index (κ1) is 15.1. The van der Waals surface area contributed by atoms with Gasteiger partial charge in [-0.15, -0.1) is 0 Å². The molecule has 114 valence electrons. The molecule has 1 spiro atoms. The molecule has 0 atom stereocenters. The molecule has 0 N–H and O–H groups in total. The summed E-state index contributed by atoms with van der Waals surface area (Å²) in [5.74, 6) is 0.0774. The molecule has 0 aliphatic carbocycles. The van der Waals surface area contributed by atoms with Crippen molar-refractivity contribution in [1.82, 2.24) is 9.80 Å². The van der Waals surface area contributed by atoms with Crippen molar-refractivity contribution in [3.05, 3.63) is 0 Å². The van der Waals surface area contributed by atoms with Crippen LogP contribution in [-0.2, 0) is 14.3 Å². The molecular weight excluding hydrogens is 260 g/mol. The monoisotopic (exact) mass is 284 g/mol. The topological polar surface area (TPSA) is 59.1 Å². The lowest BCUT2D eigenvalue weighted by atomic mass is 9.99. The third-order valence-electron chi connectivity index (χ3n) is 3.52. The van der Waals surface area contributed by atoms with Crippen LogP contribution in [0.3, 0.4) is 0 Å². The van der Waals surface area contributed by atoms with Crippen LogP contribution in [0.15, 0.2) is 0 Å². The second-order valence-electron chi connectivity index (χ2n) is 6.38. The lowest BCUT2D eigenvalue weighted by Crippen LogP contribution is -2.75. The van der Waals surface area contributed by atoms with E-state index >= 15 is 0 Å². The molecule has 0 aromatic heterocycles. The molecule has 2 heterocycles. The fraction of sp³-hybridized carbons (Fsp3) is 0.857. The van der Waals surface area contributed by atoms with E-state index < -0.39 is 11.3 Å². The highest BCUT2D eigenvalue weighted by Crippen LogP contribution is 2.34.